The van der Waals surface area contributed by atoms with Crippen molar-refractivity contribution >= 4 is 51.2 Å². The molecule has 2 N–H and O–H groups in total. The van der Waals surface area contributed by atoms with Gasteiger partial charge in [0.1, 0.15) is 18.0 Å². The van der Waals surface area contributed by atoms with Crippen LogP contribution in [0, 0.1) is 6.92 Å². The smallest absolute Gasteiger partial charge is 0.264 e. The summed E-state index contributed by atoms with van der Waals surface area (Å²) in [7, 11) is -2.52. The van der Waals surface area contributed by atoms with Crippen molar-refractivity contribution in [2.75, 3.05) is 36.1 Å². The van der Waals surface area contributed by atoms with Crippen LogP contribution in [-0.4, -0.2) is 53.0 Å². The van der Waals surface area contributed by atoms with Crippen molar-refractivity contribution in [3.8, 4) is 11.5 Å². The molecule has 0 radical (unpaired) electrons. The minimum atomic E-state index is -4.04. The fourth-order valence-corrected chi connectivity index (χ4v) is 5.81. The number of rotatable bonds is 13. The molecule has 4 aromatic rings. The Morgan fingerprint density at radius 1 is 0.909 bits per heavy atom. The normalized spacial score (nSPS) is 11.2. The van der Waals surface area contributed by atoms with Crippen LogP contribution in [0.1, 0.15) is 11.1 Å². The summed E-state index contributed by atoms with van der Waals surface area (Å²) < 4.78 is 38.9. The van der Waals surface area contributed by atoms with Gasteiger partial charge in [-0.25, -0.2) is 13.8 Å². The number of ether oxygens (including phenoxy) is 2. The van der Waals surface area contributed by atoms with E-state index in [1.807, 2.05) is 13.2 Å². The van der Waals surface area contributed by atoms with Gasteiger partial charge in [-0.1, -0.05) is 29.8 Å². The Balaban J connectivity index is 1.35. The zero-order chi connectivity index (χ0) is 31.5. The van der Waals surface area contributed by atoms with Crippen molar-refractivity contribution in [2.24, 2.45) is 5.10 Å². The minimum absolute atomic E-state index is 0.0757. The van der Waals surface area contributed by atoms with E-state index in [0.717, 1.165) is 14.8 Å². The van der Waals surface area contributed by atoms with Crippen molar-refractivity contribution < 1.29 is 27.5 Å². The van der Waals surface area contributed by atoms with Gasteiger partial charge < -0.3 is 14.8 Å². The lowest BCUT2D eigenvalue weighted by Crippen LogP contribution is -2.39. The van der Waals surface area contributed by atoms with Gasteiger partial charge >= 0.3 is 0 Å². The topological polar surface area (TPSA) is 126 Å². The number of nitrogens with one attached hydrogen (secondary N) is 2. The molecule has 0 unspecified atom stereocenters. The Morgan fingerprint density at radius 3 is 2.25 bits per heavy atom. The Labute approximate surface area is 261 Å². The number of carbonyl (C=O) groups is 2. The van der Waals surface area contributed by atoms with Gasteiger partial charge in [0.15, 0.2) is 6.61 Å². The van der Waals surface area contributed by atoms with Gasteiger partial charge in [0.25, 0.3) is 21.8 Å². The first kappa shape index (κ1) is 32.1. The molecule has 228 valence electrons. The highest BCUT2D eigenvalue weighted by Gasteiger charge is 2.27. The number of carbonyl (C=O) groups excluding carboxylic acids is 2. The van der Waals surface area contributed by atoms with E-state index >= 15 is 0 Å². The van der Waals surface area contributed by atoms with E-state index in [4.69, 9.17) is 9.47 Å². The molecular formula is C32H32N4O6S2. The SMILES string of the molecule is COc1ccccc1NC(=O)COc1ccc(/C=N\NC(=O)CN(c2ccc(C)cc2)S(=O)(=O)c2ccc(SC)cc2)cc1. The molecule has 0 aromatic heterocycles. The minimum Gasteiger partial charge on any atom is -0.495 e. The molecule has 10 nitrogen and oxygen atoms in total. The third-order valence-electron chi connectivity index (χ3n) is 6.29. The van der Waals surface area contributed by atoms with Crippen LogP contribution in [-0.2, 0) is 19.6 Å². The van der Waals surface area contributed by atoms with Crippen molar-refractivity contribution in [1.29, 1.82) is 0 Å². The molecule has 0 saturated heterocycles. The highest BCUT2D eigenvalue weighted by atomic mass is 32.2. The number of para-hydroxylation sites is 2. The van der Waals surface area contributed by atoms with Crippen LogP contribution in [0.2, 0.25) is 0 Å². The van der Waals surface area contributed by atoms with E-state index < -0.39 is 22.5 Å². The van der Waals surface area contributed by atoms with Crippen LogP contribution in [0.3, 0.4) is 0 Å². The molecule has 0 aliphatic heterocycles. The van der Waals surface area contributed by atoms with Gasteiger partial charge in [0, 0.05) is 4.90 Å². The van der Waals surface area contributed by atoms with E-state index in [2.05, 4.69) is 15.8 Å². The summed E-state index contributed by atoms with van der Waals surface area (Å²) in [5.41, 5.74) is 4.90. The number of aryl methyl sites for hydroxylation is 1. The first-order valence-corrected chi connectivity index (χ1v) is 16.1. The number of hydrogen-bond acceptors (Lipinski definition) is 8. The molecule has 0 fully saturated rings. The van der Waals surface area contributed by atoms with Crippen LogP contribution in [0.25, 0.3) is 0 Å². The summed E-state index contributed by atoms with van der Waals surface area (Å²) in [4.78, 5) is 26.1. The highest BCUT2D eigenvalue weighted by molar-refractivity contribution is 7.98. The molecular weight excluding hydrogens is 601 g/mol. The summed E-state index contributed by atoms with van der Waals surface area (Å²) >= 11 is 1.50. The zero-order valence-electron chi connectivity index (χ0n) is 24.4. The van der Waals surface area contributed by atoms with Crippen LogP contribution in [0.15, 0.2) is 112 Å². The molecule has 0 aliphatic rings. The van der Waals surface area contributed by atoms with Crippen molar-refractivity contribution in [2.45, 2.75) is 16.7 Å². The second-order valence-corrected chi connectivity index (χ2v) is 12.2. The fourth-order valence-electron chi connectivity index (χ4n) is 3.98. The number of benzene rings is 4. The summed E-state index contributed by atoms with van der Waals surface area (Å²) in [6, 6.07) is 27.2. The summed E-state index contributed by atoms with van der Waals surface area (Å²) in [5.74, 6) is 0.0431. The second-order valence-electron chi connectivity index (χ2n) is 9.42. The van der Waals surface area contributed by atoms with Crippen molar-refractivity contribution in [1.82, 2.24) is 5.43 Å². The van der Waals surface area contributed by atoms with E-state index in [1.54, 1.807) is 84.9 Å². The number of hydrazone groups is 1. The molecule has 0 spiro atoms. The van der Waals surface area contributed by atoms with E-state index in [0.29, 0.717) is 28.4 Å². The number of hydrogen-bond donors (Lipinski definition) is 2. The molecule has 0 saturated carbocycles. The maximum atomic E-state index is 13.6. The van der Waals surface area contributed by atoms with Crippen LogP contribution >= 0.6 is 11.8 Å². The maximum Gasteiger partial charge on any atom is 0.264 e. The number of sulfonamides is 1. The lowest BCUT2D eigenvalue weighted by atomic mass is 10.2. The largest absolute Gasteiger partial charge is 0.495 e. The number of anilines is 2. The Bertz CT molecular complexity index is 1710. The van der Waals surface area contributed by atoms with Gasteiger partial charge in [0.2, 0.25) is 0 Å². The number of thioether (sulfide) groups is 1. The quantitative estimate of drug-likeness (QED) is 0.120. The predicted octanol–water partition coefficient (Wildman–Crippen LogP) is 5.09. The zero-order valence-corrected chi connectivity index (χ0v) is 26.0. The van der Waals surface area contributed by atoms with Crippen LogP contribution < -0.4 is 24.5 Å². The van der Waals surface area contributed by atoms with Gasteiger partial charge in [-0.2, -0.15) is 5.10 Å². The summed E-state index contributed by atoms with van der Waals surface area (Å²) in [6.07, 6.45) is 3.32. The van der Waals surface area contributed by atoms with Gasteiger partial charge in [-0.15, -0.1) is 11.8 Å². The third kappa shape index (κ3) is 8.62. The average molecular weight is 633 g/mol. The predicted molar refractivity (Wildman–Crippen MR) is 173 cm³/mol. The Morgan fingerprint density at radius 2 is 1.59 bits per heavy atom. The lowest BCUT2D eigenvalue weighted by molar-refractivity contribution is -0.119. The number of amides is 2. The molecule has 12 heteroatoms. The fraction of sp³-hybridized carbons (Fsp3) is 0.156. The average Bonchev–Trinajstić information content (AvgIpc) is 3.04. The lowest BCUT2D eigenvalue weighted by Gasteiger charge is -2.24. The van der Waals surface area contributed by atoms with E-state index in [-0.39, 0.29) is 17.4 Å². The van der Waals surface area contributed by atoms with Crippen molar-refractivity contribution in [3.63, 3.8) is 0 Å². The molecule has 0 aliphatic carbocycles. The van der Waals surface area contributed by atoms with Crippen LogP contribution in [0.4, 0.5) is 11.4 Å². The van der Waals surface area contributed by atoms with Crippen molar-refractivity contribution in [3.05, 3.63) is 108 Å². The molecule has 2 amide bonds. The number of nitrogens with zero attached hydrogens (tertiary/aromatic N) is 2. The molecule has 0 heterocycles. The molecule has 0 bridgehead atoms. The number of methoxy groups -OCH3 is 1. The third-order valence-corrected chi connectivity index (χ3v) is 8.82. The van der Waals surface area contributed by atoms with Gasteiger partial charge in [-0.05, 0) is 91.5 Å². The first-order chi connectivity index (χ1) is 21.2. The summed E-state index contributed by atoms with van der Waals surface area (Å²) in [5, 5.41) is 6.72. The van der Waals surface area contributed by atoms with E-state index in [1.165, 1.54) is 37.2 Å². The highest BCUT2D eigenvalue weighted by Crippen LogP contribution is 2.26. The Kier molecular flexibility index (Phi) is 11.0. The van der Waals surface area contributed by atoms with Crippen LogP contribution in [0.5, 0.6) is 11.5 Å². The molecule has 0 atom stereocenters. The van der Waals surface area contributed by atoms with Gasteiger partial charge in [-0.3, -0.25) is 13.9 Å². The maximum absolute atomic E-state index is 13.6. The molecule has 4 rings (SSSR count). The standard InChI is InChI=1S/C32H32N4O6S2/c1-23-8-12-25(13-9-23)36(44(39,40)28-18-16-27(43-3)17-19-28)21-31(37)35-33-20-24-10-14-26(15-11-24)42-22-32(38)34-29-6-4-5-7-30(29)41-2/h4-20H,21-22H2,1-3H3,(H,34,38)(H,35,37)/b33-20-. The summed E-state index contributed by atoms with van der Waals surface area (Å²) in [6.45, 7) is 1.21. The van der Waals surface area contributed by atoms with Gasteiger partial charge in [0.05, 0.1) is 29.6 Å². The molecule has 4 aromatic carbocycles. The first-order valence-electron chi connectivity index (χ1n) is 13.4. The van der Waals surface area contributed by atoms with E-state index in [9.17, 15) is 18.0 Å². The second kappa shape index (κ2) is 15.1. The molecule has 44 heavy (non-hydrogen) atoms. The monoisotopic (exact) mass is 632 g/mol. The Hall–Kier alpha value is -4.81.